The van der Waals surface area contributed by atoms with E-state index in [1.54, 1.807) is 0 Å². The van der Waals surface area contributed by atoms with Crippen molar-refractivity contribution >= 4 is 0 Å². The molecule has 0 aliphatic heterocycles. The van der Waals surface area contributed by atoms with Crippen molar-refractivity contribution in [3.63, 3.8) is 0 Å². The van der Waals surface area contributed by atoms with E-state index in [4.69, 9.17) is 0 Å². The van der Waals surface area contributed by atoms with Crippen molar-refractivity contribution in [2.75, 3.05) is 34.7 Å². The highest BCUT2D eigenvalue weighted by atomic mass is 15.2. The van der Waals surface area contributed by atoms with Crippen molar-refractivity contribution in [3.05, 3.63) is 12.2 Å². The van der Waals surface area contributed by atoms with E-state index in [9.17, 15) is 0 Å². The third-order valence-electron chi connectivity index (χ3n) is 1.89. The molecule has 0 aromatic rings. The molecule has 0 spiro atoms. The van der Waals surface area contributed by atoms with Crippen molar-refractivity contribution in [2.45, 2.75) is 33.2 Å². The Balaban J connectivity index is 0. The van der Waals surface area contributed by atoms with Gasteiger partial charge in [-0.15, -0.1) is 6.58 Å². The van der Waals surface area contributed by atoms with Crippen LogP contribution in [0.15, 0.2) is 12.2 Å². The van der Waals surface area contributed by atoms with Crippen molar-refractivity contribution in [2.24, 2.45) is 0 Å². The molecule has 0 aromatic carbocycles. The third-order valence-corrected chi connectivity index (χ3v) is 1.89. The topological polar surface area (TPSA) is 6.48 Å². The Kier molecular flexibility index (Phi) is 10.6. The molecule has 1 atom stereocenters. The van der Waals surface area contributed by atoms with E-state index in [1.165, 1.54) is 5.57 Å². The van der Waals surface area contributed by atoms with Crippen molar-refractivity contribution in [1.82, 2.24) is 9.80 Å². The zero-order valence-electron chi connectivity index (χ0n) is 11.1. The maximum Gasteiger partial charge on any atom is 0.0253 e. The maximum atomic E-state index is 3.94. The van der Waals surface area contributed by atoms with Crippen LogP contribution >= 0.6 is 0 Å². The van der Waals surface area contributed by atoms with Crippen LogP contribution in [-0.4, -0.2) is 50.6 Å². The van der Waals surface area contributed by atoms with Gasteiger partial charge in [0, 0.05) is 12.6 Å². The fourth-order valence-corrected chi connectivity index (χ4v) is 1.23. The number of hydrogen-bond donors (Lipinski definition) is 0. The highest BCUT2D eigenvalue weighted by Gasteiger charge is 2.11. The molecule has 0 bridgehead atoms. The lowest BCUT2D eigenvalue weighted by Gasteiger charge is -2.27. The lowest BCUT2D eigenvalue weighted by Crippen LogP contribution is -2.37. The maximum absolute atomic E-state index is 3.94. The summed E-state index contributed by atoms with van der Waals surface area (Å²) in [5.41, 5.74) is 1.26. The van der Waals surface area contributed by atoms with E-state index in [0.29, 0.717) is 6.04 Å². The fourth-order valence-electron chi connectivity index (χ4n) is 1.23. The van der Waals surface area contributed by atoms with Crippen molar-refractivity contribution < 1.29 is 0 Å². The van der Waals surface area contributed by atoms with E-state index < -0.39 is 0 Å². The Hall–Kier alpha value is -0.340. The molecule has 86 valence electrons. The summed E-state index contributed by atoms with van der Waals surface area (Å²) in [7, 11) is 8.46. The SMILES string of the molecule is C=C(C)CC(CN(C)C)N(C)C.CC. The molecule has 0 heterocycles. The van der Waals surface area contributed by atoms with Gasteiger partial charge in [-0.05, 0) is 41.5 Å². The third kappa shape index (κ3) is 9.75. The lowest BCUT2D eigenvalue weighted by molar-refractivity contribution is 0.227. The molecule has 2 nitrogen and oxygen atoms in total. The quantitative estimate of drug-likeness (QED) is 0.629. The van der Waals surface area contributed by atoms with Gasteiger partial charge in [-0.3, -0.25) is 0 Å². The van der Waals surface area contributed by atoms with Gasteiger partial charge in [0.25, 0.3) is 0 Å². The van der Waals surface area contributed by atoms with E-state index in [2.05, 4.69) is 51.5 Å². The summed E-state index contributed by atoms with van der Waals surface area (Å²) in [4.78, 5) is 4.47. The molecule has 0 aliphatic rings. The minimum Gasteiger partial charge on any atom is -0.308 e. The first-order valence-corrected chi connectivity index (χ1v) is 5.39. The second-order valence-electron chi connectivity index (χ2n) is 4.04. The van der Waals surface area contributed by atoms with E-state index >= 15 is 0 Å². The van der Waals surface area contributed by atoms with Crippen molar-refractivity contribution in [3.8, 4) is 0 Å². The normalized spacial score (nSPS) is 12.4. The highest BCUT2D eigenvalue weighted by molar-refractivity contribution is 4.93. The van der Waals surface area contributed by atoms with Crippen LogP contribution in [0.3, 0.4) is 0 Å². The molecule has 1 unspecified atom stereocenters. The van der Waals surface area contributed by atoms with E-state index in [1.807, 2.05) is 13.8 Å². The van der Waals surface area contributed by atoms with Gasteiger partial charge in [-0.1, -0.05) is 19.4 Å². The summed E-state index contributed by atoms with van der Waals surface area (Å²) in [6.07, 6.45) is 1.09. The molecule has 0 aromatic heterocycles. The molecule has 0 saturated carbocycles. The number of likely N-dealkylation sites (N-methyl/N-ethyl adjacent to an activating group) is 2. The predicted octanol–water partition coefficient (Wildman–Crippen LogP) is 2.47. The zero-order valence-corrected chi connectivity index (χ0v) is 11.1. The molecule has 0 radical (unpaired) electrons. The smallest absolute Gasteiger partial charge is 0.0253 e. The van der Waals surface area contributed by atoms with Gasteiger partial charge >= 0.3 is 0 Å². The van der Waals surface area contributed by atoms with Crippen LogP contribution in [0, 0.1) is 0 Å². The molecule has 0 fully saturated rings. The fraction of sp³-hybridized carbons (Fsp3) is 0.833. The Morgan fingerprint density at radius 2 is 1.57 bits per heavy atom. The Morgan fingerprint density at radius 1 is 1.14 bits per heavy atom. The Labute approximate surface area is 90.6 Å². The van der Waals surface area contributed by atoms with E-state index in [0.717, 1.165) is 13.0 Å². The molecule has 0 rings (SSSR count). The van der Waals surface area contributed by atoms with Gasteiger partial charge in [0.2, 0.25) is 0 Å². The van der Waals surface area contributed by atoms with Crippen LogP contribution in [0.25, 0.3) is 0 Å². The zero-order chi connectivity index (χ0) is 11.7. The van der Waals surface area contributed by atoms with Crippen LogP contribution in [0.1, 0.15) is 27.2 Å². The summed E-state index contributed by atoms with van der Waals surface area (Å²) in [5, 5.41) is 0. The monoisotopic (exact) mass is 200 g/mol. The summed E-state index contributed by atoms with van der Waals surface area (Å²) in [5.74, 6) is 0. The van der Waals surface area contributed by atoms with Gasteiger partial charge in [-0.25, -0.2) is 0 Å². The lowest BCUT2D eigenvalue weighted by atomic mass is 10.1. The first-order chi connectivity index (χ1) is 6.43. The molecule has 0 amide bonds. The largest absolute Gasteiger partial charge is 0.308 e. The van der Waals surface area contributed by atoms with Crippen molar-refractivity contribution in [1.29, 1.82) is 0 Å². The first-order valence-electron chi connectivity index (χ1n) is 5.39. The molecular weight excluding hydrogens is 172 g/mol. The Bertz CT molecular complexity index is 139. The predicted molar refractivity (Wildman–Crippen MR) is 66.8 cm³/mol. The van der Waals surface area contributed by atoms with Crippen LogP contribution < -0.4 is 0 Å². The summed E-state index contributed by atoms with van der Waals surface area (Å²) in [6, 6.07) is 0.595. The van der Waals surface area contributed by atoms with Crippen LogP contribution in [-0.2, 0) is 0 Å². The molecule has 0 N–H and O–H groups in total. The average molecular weight is 200 g/mol. The standard InChI is InChI=1S/C10H22N2.C2H6/c1-9(2)7-10(12(5)6)8-11(3)4;1-2/h10H,1,7-8H2,2-6H3;1-2H3. The molecule has 0 aliphatic carbocycles. The van der Waals surface area contributed by atoms with Gasteiger partial charge < -0.3 is 9.80 Å². The highest BCUT2D eigenvalue weighted by Crippen LogP contribution is 2.07. The van der Waals surface area contributed by atoms with Gasteiger partial charge in [0.05, 0.1) is 0 Å². The molecular formula is C12H28N2. The number of hydrogen-bond acceptors (Lipinski definition) is 2. The van der Waals surface area contributed by atoms with Gasteiger partial charge in [0.1, 0.15) is 0 Å². The second kappa shape index (κ2) is 9.22. The number of nitrogens with zero attached hydrogens (tertiary/aromatic N) is 2. The van der Waals surface area contributed by atoms with E-state index in [-0.39, 0.29) is 0 Å². The summed E-state index contributed by atoms with van der Waals surface area (Å²) >= 11 is 0. The van der Waals surface area contributed by atoms with Gasteiger partial charge in [0.15, 0.2) is 0 Å². The first kappa shape index (κ1) is 16.1. The second-order valence-corrected chi connectivity index (χ2v) is 4.04. The molecule has 14 heavy (non-hydrogen) atoms. The minimum atomic E-state index is 0.595. The average Bonchev–Trinajstić information content (AvgIpc) is 2.05. The summed E-state index contributed by atoms with van der Waals surface area (Å²) < 4.78 is 0. The van der Waals surface area contributed by atoms with Gasteiger partial charge in [-0.2, -0.15) is 0 Å². The van der Waals surface area contributed by atoms with Crippen LogP contribution in [0.5, 0.6) is 0 Å². The Morgan fingerprint density at radius 3 is 1.79 bits per heavy atom. The molecule has 0 saturated heterocycles. The van der Waals surface area contributed by atoms with Crippen LogP contribution in [0.2, 0.25) is 0 Å². The summed E-state index contributed by atoms with van der Waals surface area (Å²) in [6.45, 7) is 11.1. The minimum absolute atomic E-state index is 0.595. The molecule has 2 heteroatoms. The van der Waals surface area contributed by atoms with Crippen LogP contribution in [0.4, 0.5) is 0 Å². The number of rotatable bonds is 5.